The van der Waals surface area contributed by atoms with Crippen LogP contribution in [0.4, 0.5) is 0 Å². The number of hydrogen-bond donors (Lipinski definition) is 1. The molecule has 0 bridgehead atoms. The summed E-state index contributed by atoms with van der Waals surface area (Å²) in [6, 6.07) is 0. The zero-order chi connectivity index (χ0) is 7.44. The molecular formula is C6H10O2S. The van der Waals surface area contributed by atoms with E-state index in [2.05, 4.69) is 12.6 Å². The first-order chi connectivity index (χ1) is 4.09. The van der Waals surface area contributed by atoms with Gasteiger partial charge in [-0.25, -0.2) is 0 Å². The molecule has 9 heavy (non-hydrogen) atoms. The molecule has 0 amide bonds. The van der Waals surface area contributed by atoms with E-state index in [0.717, 1.165) is 6.29 Å². The van der Waals surface area contributed by atoms with E-state index in [9.17, 15) is 9.59 Å². The van der Waals surface area contributed by atoms with Crippen molar-refractivity contribution in [1.82, 2.24) is 0 Å². The summed E-state index contributed by atoms with van der Waals surface area (Å²) in [6.45, 7) is 3.10. The van der Waals surface area contributed by atoms with Crippen LogP contribution >= 0.6 is 12.6 Å². The second-order valence-corrected chi connectivity index (χ2v) is 2.61. The van der Waals surface area contributed by atoms with Gasteiger partial charge in [0.25, 0.3) is 0 Å². The van der Waals surface area contributed by atoms with Crippen LogP contribution in [-0.4, -0.2) is 17.3 Å². The maximum Gasteiger partial charge on any atom is 0.143 e. The van der Waals surface area contributed by atoms with Crippen molar-refractivity contribution in [1.29, 1.82) is 0 Å². The zero-order valence-electron chi connectivity index (χ0n) is 5.50. The van der Waals surface area contributed by atoms with Crippen molar-refractivity contribution in [3.63, 3.8) is 0 Å². The number of carbonyl (C=O) groups excluding carboxylic acids is 2. The van der Waals surface area contributed by atoms with Gasteiger partial charge in [0.05, 0.1) is 5.25 Å². The summed E-state index contributed by atoms with van der Waals surface area (Å²) in [5, 5.41) is -0.428. The number of hydrogen-bond acceptors (Lipinski definition) is 3. The van der Waals surface area contributed by atoms with Crippen molar-refractivity contribution in [2.75, 3.05) is 0 Å². The lowest BCUT2D eigenvalue weighted by atomic mass is 10.1. The van der Waals surface area contributed by atoms with Crippen LogP contribution in [-0.2, 0) is 9.59 Å². The molecule has 0 aromatic heterocycles. The van der Waals surface area contributed by atoms with Gasteiger partial charge in [0.15, 0.2) is 0 Å². The van der Waals surface area contributed by atoms with Gasteiger partial charge in [-0.15, -0.1) is 0 Å². The first-order valence-electron chi connectivity index (χ1n) is 2.73. The molecule has 0 rings (SSSR count). The van der Waals surface area contributed by atoms with E-state index in [-0.39, 0.29) is 11.7 Å². The lowest BCUT2D eigenvalue weighted by Crippen LogP contribution is -2.20. The molecule has 0 aromatic rings. The molecule has 0 aromatic carbocycles. The predicted octanol–water partition coefficient (Wildman–Crippen LogP) is 0.709. The van der Waals surface area contributed by atoms with E-state index in [1.165, 1.54) is 6.92 Å². The molecule has 0 saturated carbocycles. The Hall–Kier alpha value is -0.310. The smallest absolute Gasteiger partial charge is 0.143 e. The number of carbonyl (C=O) groups is 2. The van der Waals surface area contributed by atoms with Crippen LogP contribution in [0.25, 0.3) is 0 Å². The van der Waals surface area contributed by atoms with E-state index in [1.54, 1.807) is 6.92 Å². The lowest BCUT2D eigenvalue weighted by molar-refractivity contribution is -0.120. The summed E-state index contributed by atoms with van der Waals surface area (Å²) in [4.78, 5) is 20.6. The van der Waals surface area contributed by atoms with E-state index >= 15 is 0 Å². The SMILES string of the molecule is CC(=O)C(S)C(C)C=O. The first kappa shape index (κ1) is 8.69. The van der Waals surface area contributed by atoms with Gasteiger partial charge in [-0.2, -0.15) is 12.6 Å². The molecule has 0 spiro atoms. The summed E-state index contributed by atoms with van der Waals surface area (Å²) >= 11 is 3.92. The molecule has 0 heterocycles. The molecular weight excluding hydrogens is 136 g/mol. The number of rotatable bonds is 3. The maximum absolute atomic E-state index is 10.5. The molecule has 3 heteroatoms. The second kappa shape index (κ2) is 3.67. The molecule has 0 fully saturated rings. The average molecular weight is 146 g/mol. The van der Waals surface area contributed by atoms with Crippen LogP contribution in [0.1, 0.15) is 13.8 Å². The molecule has 0 saturated heterocycles. The van der Waals surface area contributed by atoms with Gasteiger partial charge in [0.1, 0.15) is 12.1 Å². The van der Waals surface area contributed by atoms with Crippen LogP contribution in [0.15, 0.2) is 0 Å². The minimum Gasteiger partial charge on any atom is -0.303 e. The summed E-state index contributed by atoms with van der Waals surface area (Å²) in [5.74, 6) is -0.330. The Labute approximate surface area is 60.0 Å². The molecule has 52 valence electrons. The highest BCUT2D eigenvalue weighted by Crippen LogP contribution is 2.07. The Bertz CT molecular complexity index is 122. The summed E-state index contributed by atoms with van der Waals surface area (Å²) in [6.07, 6.45) is 0.735. The van der Waals surface area contributed by atoms with E-state index in [1.807, 2.05) is 0 Å². The van der Waals surface area contributed by atoms with Gasteiger partial charge < -0.3 is 4.79 Å². The standard InChI is InChI=1S/C6H10O2S/c1-4(3-7)6(9)5(2)8/h3-4,6,9H,1-2H3. The Kier molecular flexibility index (Phi) is 3.54. The van der Waals surface area contributed by atoms with Crippen LogP contribution in [0.3, 0.4) is 0 Å². The summed E-state index contributed by atoms with van der Waals surface area (Å²) in [5.41, 5.74) is 0. The predicted molar refractivity (Wildman–Crippen MR) is 38.7 cm³/mol. The number of ketones is 1. The zero-order valence-corrected chi connectivity index (χ0v) is 6.39. The van der Waals surface area contributed by atoms with E-state index in [4.69, 9.17) is 0 Å². The van der Waals surface area contributed by atoms with Crippen molar-refractivity contribution in [2.45, 2.75) is 19.1 Å². The fourth-order valence-electron chi connectivity index (χ4n) is 0.445. The quantitative estimate of drug-likeness (QED) is 0.470. The Morgan fingerprint density at radius 3 is 2.22 bits per heavy atom. The molecule has 2 nitrogen and oxygen atoms in total. The average Bonchev–Trinajstić information content (AvgIpc) is 1.84. The van der Waals surface area contributed by atoms with Crippen molar-refractivity contribution in [3.8, 4) is 0 Å². The largest absolute Gasteiger partial charge is 0.303 e. The van der Waals surface area contributed by atoms with Gasteiger partial charge in [-0.05, 0) is 6.92 Å². The Morgan fingerprint density at radius 1 is 1.67 bits per heavy atom. The third-order valence-electron chi connectivity index (χ3n) is 1.13. The van der Waals surface area contributed by atoms with E-state index < -0.39 is 5.25 Å². The Balaban J connectivity index is 3.86. The maximum atomic E-state index is 10.5. The topological polar surface area (TPSA) is 34.1 Å². The molecule has 2 unspecified atom stereocenters. The number of Topliss-reactive ketones (excluding diaryl/α,β-unsaturated/α-hetero) is 1. The van der Waals surface area contributed by atoms with Gasteiger partial charge in [0, 0.05) is 5.92 Å². The third-order valence-corrected chi connectivity index (χ3v) is 1.96. The van der Waals surface area contributed by atoms with Gasteiger partial charge in [0.2, 0.25) is 0 Å². The Morgan fingerprint density at radius 2 is 2.11 bits per heavy atom. The normalized spacial score (nSPS) is 16.3. The van der Waals surface area contributed by atoms with Crippen LogP contribution in [0, 0.1) is 5.92 Å². The molecule has 0 aliphatic heterocycles. The van der Waals surface area contributed by atoms with Crippen molar-refractivity contribution >= 4 is 24.7 Å². The number of thiol groups is 1. The van der Waals surface area contributed by atoms with Crippen LogP contribution in [0.5, 0.6) is 0 Å². The van der Waals surface area contributed by atoms with Gasteiger partial charge >= 0.3 is 0 Å². The van der Waals surface area contributed by atoms with Gasteiger partial charge in [-0.1, -0.05) is 6.92 Å². The molecule has 0 radical (unpaired) electrons. The van der Waals surface area contributed by atoms with Crippen molar-refractivity contribution in [2.24, 2.45) is 5.92 Å². The van der Waals surface area contributed by atoms with Crippen LogP contribution < -0.4 is 0 Å². The fraction of sp³-hybridized carbons (Fsp3) is 0.667. The third kappa shape index (κ3) is 2.65. The van der Waals surface area contributed by atoms with Crippen LogP contribution in [0.2, 0.25) is 0 Å². The summed E-state index contributed by atoms with van der Waals surface area (Å²) < 4.78 is 0. The minimum absolute atomic E-state index is 0.0575. The second-order valence-electron chi connectivity index (χ2n) is 2.05. The minimum atomic E-state index is -0.428. The lowest BCUT2D eigenvalue weighted by Gasteiger charge is -2.07. The van der Waals surface area contributed by atoms with Gasteiger partial charge in [-0.3, -0.25) is 4.79 Å². The highest BCUT2D eigenvalue weighted by Gasteiger charge is 2.15. The van der Waals surface area contributed by atoms with Crippen molar-refractivity contribution in [3.05, 3.63) is 0 Å². The first-order valence-corrected chi connectivity index (χ1v) is 3.25. The van der Waals surface area contributed by atoms with Crippen molar-refractivity contribution < 1.29 is 9.59 Å². The number of aldehydes is 1. The van der Waals surface area contributed by atoms with E-state index in [0.29, 0.717) is 0 Å². The molecule has 0 aliphatic rings. The molecule has 0 N–H and O–H groups in total. The highest BCUT2D eigenvalue weighted by molar-refractivity contribution is 7.81. The monoisotopic (exact) mass is 146 g/mol. The molecule has 0 aliphatic carbocycles. The summed E-state index contributed by atoms with van der Waals surface area (Å²) in [7, 11) is 0. The fourth-order valence-corrected chi connectivity index (χ4v) is 0.515. The molecule has 2 atom stereocenters. The highest BCUT2D eigenvalue weighted by atomic mass is 32.1.